The Morgan fingerprint density at radius 1 is 1.39 bits per heavy atom. The first-order valence-corrected chi connectivity index (χ1v) is 6.49. The molecule has 1 aromatic carbocycles. The number of benzene rings is 1. The van der Waals surface area contributed by atoms with E-state index in [9.17, 15) is 10.2 Å². The smallest absolute Gasteiger partial charge is 0.120 e. The lowest BCUT2D eigenvalue weighted by Gasteiger charge is -2.20. The van der Waals surface area contributed by atoms with E-state index in [1.807, 2.05) is 24.3 Å². The maximum Gasteiger partial charge on any atom is 0.120 e. The molecule has 0 aliphatic rings. The number of aromatic hydroxyl groups is 1. The van der Waals surface area contributed by atoms with Gasteiger partial charge < -0.3 is 15.5 Å². The molecule has 1 rings (SSSR count). The average molecular weight is 249 g/mol. The maximum atomic E-state index is 9.80. The normalized spacial score (nSPS) is 14.1. The molecule has 0 fully saturated rings. The maximum absolute atomic E-state index is 9.80. The van der Waals surface area contributed by atoms with E-state index in [0.29, 0.717) is 18.7 Å². The fourth-order valence-electron chi connectivity index (χ4n) is 1.95. The molecule has 100 valence electrons. The monoisotopic (exact) mass is 249 g/mol. The van der Waals surface area contributed by atoms with Crippen LogP contribution in [0.25, 0.3) is 0 Å². The van der Waals surface area contributed by atoms with Gasteiger partial charge >= 0.3 is 0 Å². The Balaban J connectivity index is 2.52. The van der Waals surface area contributed by atoms with E-state index in [1.54, 1.807) is 6.07 Å². The summed E-state index contributed by atoms with van der Waals surface area (Å²) in [5.41, 5.74) is 0.885. The van der Waals surface area contributed by atoms with Crippen LogP contribution in [0.4, 0.5) is 0 Å². The minimum absolute atomic E-state index is 0.0737. The van der Waals surface area contributed by atoms with Crippen molar-refractivity contribution in [2.24, 2.45) is 0 Å². The van der Waals surface area contributed by atoms with Crippen LogP contribution in [-0.2, 0) is 0 Å². The number of allylic oxidation sites excluding steroid dienone is 1. The van der Waals surface area contributed by atoms with Crippen molar-refractivity contribution in [3.63, 3.8) is 0 Å². The predicted octanol–water partition coefficient (Wildman–Crippen LogP) is 2.76. The van der Waals surface area contributed by atoms with Crippen molar-refractivity contribution in [1.82, 2.24) is 5.32 Å². The van der Waals surface area contributed by atoms with Gasteiger partial charge in [-0.3, -0.25) is 0 Å². The van der Waals surface area contributed by atoms with Crippen molar-refractivity contribution in [2.75, 3.05) is 6.54 Å². The molecule has 0 saturated carbocycles. The highest BCUT2D eigenvalue weighted by Gasteiger charge is 2.13. The molecular formula is C15H23NO2. The molecule has 0 aliphatic carbocycles. The van der Waals surface area contributed by atoms with Gasteiger partial charge in [0.2, 0.25) is 0 Å². The van der Waals surface area contributed by atoms with E-state index in [4.69, 9.17) is 0 Å². The highest BCUT2D eigenvalue weighted by Crippen LogP contribution is 2.25. The third-order valence-electron chi connectivity index (χ3n) is 3.02. The Kier molecular flexibility index (Phi) is 6.47. The molecular weight excluding hydrogens is 226 g/mol. The number of nitrogens with one attached hydrogen (secondary N) is 1. The second kappa shape index (κ2) is 7.90. The van der Waals surface area contributed by atoms with Crippen LogP contribution in [0, 0.1) is 0 Å². The summed E-state index contributed by atoms with van der Waals surface area (Å²) in [6, 6.07) is 7.39. The van der Waals surface area contributed by atoms with Crippen LogP contribution < -0.4 is 5.32 Å². The molecule has 3 nitrogen and oxygen atoms in total. The number of phenols is 1. The van der Waals surface area contributed by atoms with Crippen molar-refractivity contribution < 1.29 is 10.2 Å². The van der Waals surface area contributed by atoms with Gasteiger partial charge in [0.05, 0.1) is 6.10 Å². The topological polar surface area (TPSA) is 52.5 Å². The van der Waals surface area contributed by atoms with Crippen molar-refractivity contribution >= 4 is 0 Å². The van der Waals surface area contributed by atoms with Crippen molar-refractivity contribution in [2.45, 2.75) is 38.3 Å². The highest BCUT2D eigenvalue weighted by atomic mass is 16.3. The van der Waals surface area contributed by atoms with Crippen molar-refractivity contribution in [3.8, 4) is 5.75 Å². The Morgan fingerprint density at radius 3 is 2.72 bits per heavy atom. The van der Waals surface area contributed by atoms with Gasteiger partial charge in [0, 0.05) is 18.2 Å². The zero-order valence-electron chi connectivity index (χ0n) is 11.0. The van der Waals surface area contributed by atoms with E-state index in [0.717, 1.165) is 18.4 Å². The van der Waals surface area contributed by atoms with Gasteiger partial charge in [-0.15, -0.1) is 6.58 Å². The summed E-state index contributed by atoms with van der Waals surface area (Å²) >= 11 is 0. The van der Waals surface area contributed by atoms with Gasteiger partial charge in [-0.2, -0.15) is 0 Å². The molecule has 18 heavy (non-hydrogen) atoms. The van der Waals surface area contributed by atoms with Gasteiger partial charge in [-0.25, -0.2) is 0 Å². The fraction of sp³-hybridized carbons (Fsp3) is 0.467. The molecule has 0 radical (unpaired) electrons. The summed E-state index contributed by atoms with van der Waals surface area (Å²) in [5.74, 6) is 0.303. The number of aliphatic hydroxyl groups is 1. The van der Waals surface area contributed by atoms with Gasteiger partial charge in [0.25, 0.3) is 0 Å². The lowest BCUT2D eigenvalue weighted by atomic mass is 10.0. The first-order valence-electron chi connectivity index (χ1n) is 6.49. The van der Waals surface area contributed by atoms with Crippen molar-refractivity contribution in [3.05, 3.63) is 42.5 Å². The van der Waals surface area contributed by atoms with E-state index >= 15 is 0 Å². The Hall–Kier alpha value is -1.32. The second-order valence-corrected chi connectivity index (χ2v) is 4.45. The van der Waals surface area contributed by atoms with Crippen LogP contribution in [0.2, 0.25) is 0 Å². The zero-order valence-corrected chi connectivity index (χ0v) is 11.0. The lowest BCUT2D eigenvalue weighted by Crippen LogP contribution is -2.30. The first-order chi connectivity index (χ1) is 8.69. The van der Waals surface area contributed by atoms with Crippen LogP contribution in [0.3, 0.4) is 0 Å². The summed E-state index contributed by atoms with van der Waals surface area (Å²) in [6.07, 6.45) is 3.84. The summed E-state index contributed by atoms with van der Waals surface area (Å²) in [4.78, 5) is 0. The van der Waals surface area contributed by atoms with Crippen LogP contribution in [-0.4, -0.2) is 22.9 Å². The summed E-state index contributed by atoms with van der Waals surface area (Å²) in [7, 11) is 0. The Bertz CT molecular complexity index is 365. The minimum Gasteiger partial charge on any atom is -0.508 e. The third kappa shape index (κ3) is 4.51. The fourth-order valence-corrected chi connectivity index (χ4v) is 1.95. The number of phenolic OH excluding ortho intramolecular Hbond substituents is 1. The molecule has 2 unspecified atom stereocenters. The number of rotatable bonds is 8. The van der Waals surface area contributed by atoms with Gasteiger partial charge in [-0.1, -0.05) is 31.2 Å². The quantitative estimate of drug-likeness (QED) is 0.621. The molecule has 1 aromatic rings. The molecule has 3 heteroatoms. The van der Waals surface area contributed by atoms with E-state index in [1.165, 1.54) is 0 Å². The summed E-state index contributed by atoms with van der Waals surface area (Å²) in [6.45, 7) is 6.22. The molecule has 0 aromatic heterocycles. The van der Waals surface area contributed by atoms with Crippen LogP contribution in [0.15, 0.2) is 36.9 Å². The third-order valence-corrected chi connectivity index (χ3v) is 3.02. The van der Waals surface area contributed by atoms with Crippen LogP contribution in [0.1, 0.15) is 37.8 Å². The molecule has 3 N–H and O–H groups in total. The van der Waals surface area contributed by atoms with Crippen LogP contribution in [0.5, 0.6) is 5.75 Å². The number of hydrogen-bond acceptors (Lipinski definition) is 3. The van der Waals surface area contributed by atoms with Crippen LogP contribution >= 0.6 is 0 Å². The highest BCUT2D eigenvalue weighted by molar-refractivity contribution is 5.34. The molecule has 0 heterocycles. The van der Waals surface area contributed by atoms with Gasteiger partial charge in [0.1, 0.15) is 5.75 Å². The SMILES string of the molecule is C=CCCC(O)CNC(CC)c1ccccc1O. The molecule has 0 saturated heterocycles. The second-order valence-electron chi connectivity index (χ2n) is 4.45. The largest absolute Gasteiger partial charge is 0.508 e. The lowest BCUT2D eigenvalue weighted by molar-refractivity contribution is 0.158. The number of hydrogen-bond donors (Lipinski definition) is 3. The Labute approximate surface area is 109 Å². The summed E-state index contributed by atoms with van der Waals surface area (Å²) in [5, 5.41) is 22.9. The predicted molar refractivity (Wildman–Crippen MR) is 74.6 cm³/mol. The first kappa shape index (κ1) is 14.7. The van der Waals surface area contributed by atoms with Crippen molar-refractivity contribution in [1.29, 1.82) is 0 Å². The zero-order chi connectivity index (χ0) is 13.4. The van der Waals surface area contributed by atoms with E-state index in [-0.39, 0.29) is 12.1 Å². The molecule has 0 aliphatic heterocycles. The standard InChI is InChI=1S/C15H23NO2/c1-3-5-8-12(17)11-16-14(4-2)13-9-6-7-10-15(13)18/h3,6-7,9-10,12,14,16-18H,1,4-5,8,11H2,2H3. The Morgan fingerprint density at radius 2 is 2.11 bits per heavy atom. The minimum atomic E-state index is -0.372. The molecule has 2 atom stereocenters. The molecule has 0 spiro atoms. The van der Waals surface area contributed by atoms with Gasteiger partial charge in [-0.05, 0) is 25.3 Å². The van der Waals surface area contributed by atoms with Gasteiger partial charge in [0.15, 0.2) is 0 Å². The number of aliphatic hydroxyl groups excluding tert-OH is 1. The molecule has 0 bridgehead atoms. The van der Waals surface area contributed by atoms with E-state index < -0.39 is 0 Å². The average Bonchev–Trinajstić information content (AvgIpc) is 2.39. The summed E-state index contributed by atoms with van der Waals surface area (Å²) < 4.78 is 0. The van der Waals surface area contributed by atoms with E-state index in [2.05, 4.69) is 18.8 Å². The molecule has 0 amide bonds. The number of para-hydroxylation sites is 1.